The molecule has 0 aromatic heterocycles. The van der Waals surface area contributed by atoms with Crippen molar-refractivity contribution in [3.05, 3.63) is 0 Å². The van der Waals surface area contributed by atoms with Crippen LogP contribution in [0.3, 0.4) is 0 Å². The molecule has 1 saturated heterocycles. The highest BCUT2D eigenvalue weighted by molar-refractivity contribution is 4.70. The molecule has 1 heterocycles. The molecule has 1 rings (SSSR count). The van der Waals surface area contributed by atoms with Gasteiger partial charge in [-0.05, 0) is 13.3 Å². The fraction of sp³-hybridized carbons (Fsp3) is 1.00. The van der Waals surface area contributed by atoms with Gasteiger partial charge in [0.15, 0.2) is 0 Å². The third-order valence-electron chi connectivity index (χ3n) is 1.73. The number of hydrogen-bond donors (Lipinski definition) is 1. The van der Waals surface area contributed by atoms with Crippen molar-refractivity contribution in [3.8, 4) is 0 Å². The molecule has 0 aromatic rings. The van der Waals surface area contributed by atoms with Gasteiger partial charge < -0.3 is 10.1 Å². The van der Waals surface area contributed by atoms with Crippen LogP contribution >= 0.6 is 0 Å². The van der Waals surface area contributed by atoms with Crippen molar-refractivity contribution in [1.29, 1.82) is 0 Å². The van der Waals surface area contributed by atoms with E-state index in [1.54, 1.807) is 0 Å². The van der Waals surface area contributed by atoms with Crippen LogP contribution in [0.1, 0.15) is 34.1 Å². The standard InChI is InChI=1S/C7H15NO.C2H6/c1-3-7-4-8-6(2)5-9-7;1-2/h6-8H,3-5H2,1-2H3;1-2H3. The minimum atomic E-state index is 0.459. The highest BCUT2D eigenvalue weighted by atomic mass is 16.5. The van der Waals surface area contributed by atoms with Crippen molar-refractivity contribution >= 4 is 0 Å². The van der Waals surface area contributed by atoms with Gasteiger partial charge in [-0.1, -0.05) is 20.8 Å². The predicted molar refractivity (Wildman–Crippen MR) is 48.8 cm³/mol. The van der Waals surface area contributed by atoms with E-state index < -0.39 is 0 Å². The summed E-state index contributed by atoms with van der Waals surface area (Å²) in [6.07, 6.45) is 1.58. The van der Waals surface area contributed by atoms with Crippen molar-refractivity contribution in [1.82, 2.24) is 5.32 Å². The van der Waals surface area contributed by atoms with Crippen LogP contribution in [0.5, 0.6) is 0 Å². The maximum Gasteiger partial charge on any atom is 0.0697 e. The smallest absolute Gasteiger partial charge is 0.0697 e. The third-order valence-corrected chi connectivity index (χ3v) is 1.73. The molecule has 1 aliphatic rings. The molecule has 11 heavy (non-hydrogen) atoms. The summed E-state index contributed by atoms with van der Waals surface area (Å²) in [5.41, 5.74) is 0. The van der Waals surface area contributed by atoms with Crippen molar-refractivity contribution in [2.45, 2.75) is 46.3 Å². The summed E-state index contributed by atoms with van der Waals surface area (Å²) in [6, 6.07) is 0.549. The molecule has 0 radical (unpaired) electrons. The van der Waals surface area contributed by atoms with Crippen molar-refractivity contribution in [2.75, 3.05) is 13.2 Å². The molecule has 0 aliphatic carbocycles. The average molecular weight is 159 g/mol. The van der Waals surface area contributed by atoms with Crippen LogP contribution in [0.15, 0.2) is 0 Å². The SMILES string of the molecule is CC.CCC1CNC(C)CO1. The fourth-order valence-corrected chi connectivity index (χ4v) is 0.993. The number of nitrogens with one attached hydrogen (secondary N) is 1. The Hall–Kier alpha value is -0.0800. The van der Waals surface area contributed by atoms with Gasteiger partial charge in [-0.15, -0.1) is 0 Å². The quantitative estimate of drug-likeness (QED) is 0.630. The van der Waals surface area contributed by atoms with E-state index in [1.807, 2.05) is 13.8 Å². The zero-order valence-corrected chi connectivity index (χ0v) is 8.18. The normalized spacial score (nSPS) is 30.5. The van der Waals surface area contributed by atoms with Crippen molar-refractivity contribution < 1.29 is 4.74 Å². The number of hydrogen-bond acceptors (Lipinski definition) is 2. The highest BCUT2D eigenvalue weighted by Gasteiger charge is 2.14. The average Bonchev–Trinajstić information content (AvgIpc) is 2.10. The van der Waals surface area contributed by atoms with Gasteiger partial charge in [0.1, 0.15) is 0 Å². The molecule has 1 aliphatic heterocycles. The van der Waals surface area contributed by atoms with Crippen LogP contribution in [0.4, 0.5) is 0 Å². The van der Waals surface area contributed by atoms with E-state index in [0.29, 0.717) is 12.1 Å². The van der Waals surface area contributed by atoms with Gasteiger partial charge in [0, 0.05) is 12.6 Å². The van der Waals surface area contributed by atoms with E-state index in [0.717, 1.165) is 19.6 Å². The maximum absolute atomic E-state index is 5.48. The van der Waals surface area contributed by atoms with Gasteiger partial charge in [-0.25, -0.2) is 0 Å². The molecule has 0 spiro atoms. The molecule has 2 atom stereocenters. The minimum Gasteiger partial charge on any atom is -0.375 e. The monoisotopic (exact) mass is 159 g/mol. The Labute approximate surface area is 70.3 Å². The molecule has 1 N–H and O–H groups in total. The number of rotatable bonds is 1. The molecule has 2 heteroatoms. The first-order valence-electron chi connectivity index (χ1n) is 4.68. The summed E-state index contributed by atoms with van der Waals surface area (Å²) in [6.45, 7) is 10.2. The Morgan fingerprint density at radius 1 is 1.45 bits per heavy atom. The van der Waals surface area contributed by atoms with Crippen LogP contribution in [0.2, 0.25) is 0 Å². The summed E-state index contributed by atoms with van der Waals surface area (Å²) >= 11 is 0. The molecule has 0 saturated carbocycles. The number of ether oxygens (including phenoxy) is 1. The second kappa shape index (κ2) is 6.62. The van der Waals surface area contributed by atoms with E-state index in [2.05, 4.69) is 19.2 Å². The molecular weight excluding hydrogens is 138 g/mol. The van der Waals surface area contributed by atoms with Crippen LogP contribution in [0.25, 0.3) is 0 Å². The predicted octanol–water partition coefficient (Wildman–Crippen LogP) is 1.80. The third kappa shape index (κ3) is 4.38. The molecule has 2 unspecified atom stereocenters. The van der Waals surface area contributed by atoms with Crippen LogP contribution in [-0.2, 0) is 4.74 Å². The Bertz CT molecular complexity index is 77.6. The summed E-state index contributed by atoms with van der Waals surface area (Å²) < 4.78 is 5.48. The largest absolute Gasteiger partial charge is 0.375 e. The van der Waals surface area contributed by atoms with E-state index in [9.17, 15) is 0 Å². The molecule has 0 amide bonds. The fourth-order valence-electron chi connectivity index (χ4n) is 0.993. The number of morpholine rings is 1. The van der Waals surface area contributed by atoms with Gasteiger partial charge in [-0.3, -0.25) is 0 Å². The molecule has 68 valence electrons. The first-order chi connectivity index (χ1) is 5.33. The summed E-state index contributed by atoms with van der Waals surface area (Å²) in [5, 5.41) is 3.36. The lowest BCUT2D eigenvalue weighted by Crippen LogP contribution is -2.44. The molecule has 1 fully saturated rings. The second-order valence-corrected chi connectivity index (χ2v) is 2.67. The Balaban J connectivity index is 0.000000461. The Morgan fingerprint density at radius 3 is 2.45 bits per heavy atom. The van der Waals surface area contributed by atoms with Crippen molar-refractivity contribution in [2.24, 2.45) is 0 Å². The van der Waals surface area contributed by atoms with Gasteiger partial charge >= 0.3 is 0 Å². The van der Waals surface area contributed by atoms with E-state index in [-0.39, 0.29) is 0 Å². The van der Waals surface area contributed by atoms with Gasteiger partial charge in [0.2, 0.25) is 0 Å². The lowest BCUT2D eigenvalue weighted by atomic mass is 10.2. The minimum absolute atomic E-state index is 0.459. The maximum atomic E-state index is 5.48. The second-order valence-electron chi connectivity index (χ2n) is 2.67. The first kappa shape index (κ1) is 10.9. The van der Waals surface area contributed by atoms with Crippen LogP contribution in [0, 0.1) is 0 Å². The molecule has 2 nitrogen and oxygen atoms in total. The summed E-state index contributed by atoms with van der Waals surface area (Å²) in [7, 11) is 0. The van der Waals surface area contributed by atoms with Crippen LogP contribution < -0.4 is 5.32 Å². The molecule has 0 bridgehead atoms. The topological polar surface area (TPSA) is 21.3 Å². The lowest BCUT2D eigenvalue weighted by Gasteiger charge is -2.27. The highest BCUT2D eigenvalue weighted by Crippen LogP contribution is 2.02. The molecule has 0 aromatic carbocycles. The summed E-state index contributed by atoms with van der Waals surface area (Å²) in [4.78, 5) is 0. The van der Waals surface area contributed by atoms with Gasteiger partial charge in [0.05, 0.1) is 12.7 Å². The molecular formula is C9H21NO. The van der Waals surface area contributed by atoms with Crippen LogP contribution in [-0.4, -0.2) is 25.3 Å². The van der Waals surface area contributed by atoms with Gasteiger partial charge in [-0.2, -0.15) is 0 Å². The van der Waals surface area contributed by atoms with Gasteiger partial charge in [0.25, 0.3) is 0 Å². The Morgan fingerprint density at radius 2 is 2.09 bits per heavy atom. The van der Waals surface area contributed by atoms with E-state index in [4.69, 9.17) is 4.74 Å². The van der Waals surface area contributed by atoms with E-state index in [1.165, 1.54) is 0 Å². The lowest BCUT2D eigenvalue weighted by molar-refractivity contribution is 0.00650. The Kier molecular flexibility index (Phi) is 6.57. The summed E-state index contributed by atoms with van der Waals surface area (Å²) in [5.74, 6) is 0. The van der Waals surface area contributed by atoms with Crippen molar-refractivity contribution in [3.63, 3.8) is 0 Å². The zero-order chi connectivity index (χ0) is 8.69. The first-order valence-corrected chi connectivity index (χ1v) is 4.68. The zero-order valence-electron chi connectivity index (χ0n) is 8.18. The van der Waals surface area contributed by atoms with E-state index >= 15 is 0 Å².